The van der Waals surface area contributed by atoms with Crippen LogP contribution < -0.4 is 11.1 Å². The van der Waals surface area contributed by atoms with E-state index in [4.69, 9.17) is 10.2 Å². The van der Waals surface area contributed by atoms with Gasteiger partial charge in [-0.25, -0.2) is 0 Å². The Bertz CT molecular complexity index is 548. The van der Waals surface area contributed by atoms with Gasteiger partial charge in [-0.1, -0.05) is 18.2 Å². The minimum absolute atomic E-state index is 0.0690. The Morgan fingerprint density at radius 3 is 2.74 bits per heavy atom. The molecule has 4 heteroatoms. The predicted molar refractivity (Wildman–Crippen MR) is 75.7 cm³/mol. The zero-order valence-electron chi connectivity index (χ0n) is 11.6. The van der Waals surface area contributed by atoms with Gasteiger partial charge in [-0.3, -0.25) is 4.79 Å². The first-order valence-corrected chi connectivity index (χ1v) is 6.42. The van der Waals surface area contributed by atoms with Crippen molar-refractivity contribution in [3.63, 3.8) is 0 Å². The molecule has 1 amide bonds. The minimum Gasteiger partial charge on any atom is -0.459 e. The Morgan fingerprint density at radius 2 is 2.11 bits per heavy atom. The molecule has 1 atom stereocenters. The molecule has 0 aliphatic rings. The van der Waals surface area contributed by atoms with E-state index in [1.54, 1.807) is 0 Å². The van der Waals surface area contributed by atoms with E-state index in [0.29, 0.717) is 0 Å². The van der Waals surface area contributed by atoms with E-state index in [1.807, 2.05) is 51.1 Å². The molecule has 4 nitrogen and oxygen atoms in total. The highest BCUT2D eigenvalue weighted by Crippen LogP contribution is 2.23. The van der Waals surface area contributed by atoms with E-state index in [9.17, 15) is 4.79 Å². The van der Waals surface area contributed by atoms with Crippen molar-refractivity contribution < 1.29 is 9.21 Å². The third-order valence-electron chi connectivity index (χ3n) is 2.87. The summed E-state index contributed by atoms with van der Waals surface area (Å²) in [6, 6.07) is 9.57. The number of hydrogen-bond acceptors (Lipinski definition) is 3. The standard InChI is InChI=1S/C15H20N2O2/c1-10(17-14(18)9-15(2,3)16)13-8-11-6-4-5-7-12(11)19-13/h4-8,10H,9,16H2,1-3H3,(H,17,18). The van der Waals surface area contributed by atoms with Crippen LogP contribution in [0, 0.1) is 0 Å². The third kappa shape index (κ3) is 3.58. The highest BCUT2D eigenvalue weighted by Gasteiger charge is 2.19. The lowest BCUT2D eigenvalue weighted by molar-refractivity contribution is -0.122. The van der Waals surface area contributed by atoms with E-state index in [0.717, 1.165) is 16.7 Å². The average molecular weight is 260 g/mol. The van der Waals surface area contributed by atoms with Crippen LogP contribution in [0.1, 0.15) is 39.0 Å². The molecule has 19 heavy (non-hydrogen) atoms. The Labute approximate surface area is 113 Å². The monoisotopic (exact) mass is 260 g/mol. The summed E-state index contributed by atoms with van der Waals surface area (Å²) in [6.07, 6.45) is 0.289. The quantitative estimate of drug-likeness (QED) is 0.888. The second-order valence-electron chi connectivity index (χ2n) is 5.64. The first kappa shape index (κ1) is 13.6. The van der Waals surface area contributed by atoms with Crippen molar-refractivity contribution in [2.45, 2.75) is 38.8 Å². The van der Waals surface area contributed by atoms with Gasteiger partial charge in [-0.2, -0.15) is 0 Å². The summed E-state index contributed by atoms with van der Waals surface area (Å²) in [4.78, 5) is 11.8. The number of carbonyl (C=O) groups is 1. The largest absolute Gasteiger partial charge is 0.459 e. The molecule has 1 aromatic carbocycles. The van der Waals surface area contributed by atoms with Crippen LogP contribution in [0.3, 0.4) is 0 Å². The molecular weight excluding hydrogens is 240 g/mol. The highest BCUT2D eigenvalue weighted by atomic mass is 16.3. The number of amides is 1. The normalized spacial score (nSPS) is 13.5. The molecule has 0 radical (unpaired) electrons. The zero-order valence-corrected chi connectivity index (χ0v) is 11.6. The molecule has 0 saturated carbocycles. The van der Waals surface area contributed by atoms with E-state index in [2.05, 4.69) is 5.32 Å². The fourth-order valence-corrected chi connectivity index (χ4v) is 1.99. The van der Waals surface area contributed by atoms with Gasteiger partial charge in [0.2, 0.25) is 5.91 Å². The molecule has 0 spiro atoms. The molecule has 2 aromatic rings. The number of para-hydroxylation sites is 1. The SMILES string of the molecule is CC(NC(=O)CC(C)(C)N)c1cc2ccccc2o1. The molecular formula is C15H20N2O2. The van der Waals surface area contributed by atoms with Crippen LogP contribution >= 0.6 is 0 Å². The highest BCUT2D eigenvalue weighted by molar-refractivity contribution is 5.79. The first-order valence-electron chi connectivity index (χ1n) is 6.42. The van der Waals surface area contributed by atoms with Crippen molar-refractivity contribution in [1.82, 2.24) is 5.32 Å². The molecule has 0 aliphatic carbocycles. The van der Waals surface area contributed by atoms with Crippen LogP contribution in [0.15, 0.2) is 34.7 Å². The molecule has 1 heterocycles. The summed E-state index contributed by atoms with van der Waals surface area (Å²) in [5, 5.41) is 3.94. The summed E-state index contributed by atoms with van der Waals surface area (Å²) in [5.74, 6) is 0.685. The van der Waals surface area contributed by atoms with Crippen molar-refractivity contribution in [1.29, 1.82) is 0 Å². The van der Waals surface area contributed by atoms with Crippen LogP contribution in [0.25, 0.3) is 11.0 Å². The average Bonchev–Trinajstić information content (AvgIpc) is 2.69. The smallest absolute Gasteiger partial charge is 0.222 e. The Balaban J connectivity index is 2.07. The number of furan rings is 1. The molecule has 102 valence electrons. The number of nitrogens with one attached hydrogen (secondary N) is 1. The lowest BCUT2D eigenvalue weighted by atomic mass is 10.0. The molecule has 0 fully saturated rings. The maximum Gasteiger partial charge on any atom is 0.222 e. The van der Waals surface area contributed by atoms with Gasteiger partial charge in [0.05, 0.1) is 6.04 Å². The first-order chi connectivity index (χ1) is 8.85. The van der Waals surface area contributed by atoms with Gasteiger partial charge < -0.3 is 15.5 Å². The topological polar surface area (TPSA) is 68.3 Å². The van der Waals surface area contributed by atoms with Crippen LogP contribution in [-0.4, -0.2) is 11.4 Å². The number of fused-ring (bicyclic) bond motifs is 1. The van der Waals surface area contributed by atoms with Crippen molar-refractivity contribution in [2.24, 2.45) is 5.73 Å². The maximum atomic E-state index is 11.8. The van der Waals surface area contributed by atoms with Gasteiger partial charge >= 0.3 is 0 Å². The lowest BCUT2D eigenvalue weighted by Gasteiger charge is -2.19. The Morgan fingerprint density at radius 1 is 1.42 bits per heavy atom. The van der Waals surface area contributed by atoms with Crippen LogP contribution in [0.2, 0.25) is 0 Å². The summed E-state index contributed by atoms with van der Waals surface area (Å²) < 4.78 is 5.71. The van der Waals surface area contributed by atoms with Crippen LogP contribution in [0.5, 0.6) is 0 Å². The molecule has 0 bridgehead atoms. The van der Waals surface area contributed by atoms with Gasteiger partial charge in [0.25, 0.3) is 0 Å². The summed E-state index contributed by atoms with van der Waals surface area (Å²) in [6.45, 7) is 5.57. The van der Waals surface area contributed by atoms with E-state index < -0.39 is 5.54 Å². The second kappa shape index (κ2) is 5.05. The molecule has 3 N–H and O–H groups in total. The molecule has 0 aliphatic heterocycles. The summed E-state index contributed by atoms with van der Waals surface area (Å²) in [7, 11) is 0. The van der Waals surface area contributed by atoms with E-state index in [-0.39, 0.29) is 18.4 Å². The molecule has 1 unspecified atom stereocenters. The summed E-state index contributed by atoms with van der Waals surface area (Å²) >= 11 is 0. The third-order valence-corrected chi connectivity index (χ3v) is 2.87. The predicted octanol–water partition coefficient (Wildman–Crippen LogP) is 2.74. The zero-order chi connectivity index (χ0) is 14.0. The van der Waals surface area contributed by atoms with E-state index >= 15 is 0 Å². The second-order valence-corrected chi connectivity index (χ2v) is 5.64. The summed E-state index contributed by atoms with van der Waals surface area (Å²) in [5.41, 5.74) is 6.16. The number of carbonyl (C=O) groups excluding carboxylic acids is 1. The van der Waals surface area contributed by atoms with Gasteiger partial charge in [0, 0.05) is 17.3 Å². The molecule has 2 rings (SSSR count). The van der Waals surface area contributed by atoms with Gasteiger partial charge in [0.1, 0.15) is 11.3 Å². The van der Waals surface area contributed by atoms with Crippen molar-refractivity contribution in [3.8, 4) is 0 Å². The van der Waals surface area contributed by atoms with Crippen LogP contribution in [-0.2, 0) is 4.79 Å². The Kier molecular flexibility index (Phi) is 3.62. The maximum absolute atomic E-state index is 11.8. The van der Waals surface area contributed by atoms with Crippen molar-refractivity contribution in [3.05, 3.63) is 36.1 Å². The van der Waals surface area contributed by atoms with E-state index in [1.165, 1.54) is 0 Å². The van der Waals surface area contributed by atoms with Crippen molar-refractivity contribution in [2.75, 3.05) is 0 Å². The molecule has 1 aromatic heterocycles. The number of hydrogen-bond donors (Lipinski definition) is 2. The van der Waals surface area contributed by atoms with Gasteiger partial charge in [-0.05, 0) is 32.9 Å². The fraction of sp³-hybridized carbons (Fsp3) is 0.400. The van der Waals surface area contributed by atoms with Gasteiger partial charge in [-0.15, -0.1) is 0 Å². The van der Waals surface area contributed by atoms with Gasteiger partial charge in [0.15, 0.2) is 0 Å². The van der Waals surface area contributed by atoms with Crippen molar-refractivity contribution >= 4 is 16.9 Å². The fourth-order valence-electron chi connectivity index (χ4n) is 1.99. The Hall–Kier alpha value is -1.81. The minimum atomic E-state index is -0.502. The number of rotatable bonds is 4. The molecule has 0 saturated heterocycles. The van der Waals surface area contributed by atoms with Crippen LogP contribution in [0.4, 0.5) is 0 Å². The number of nitrogens with two attached hydrogens (primary N) is 1. The number of benzene rings is 1. The lowest BCUT2D eigenvalue weighted by Crippen LogP contribution is -2.39.